The van der Waals surface area contributed by atoms with E-state index in [0.29, 0.717) is 17.7 Å². The van der Waals surface area contributed by atoms with Gasteiger partial charge in [-0.05, 0) is 47.0 Å². The Morgan fingerprint density at radius 1 is 0.974 bits per heavy atom. The summed E-state index contributed by atoms with van der Waals surface area (Å²) in [6, 6.07) is 11.8. The van der Waals surface area contributed by atoms with E-state index < -0.39 is 63.7 Å². The van der Waals surface area contributed by atoms with Crippen LogP contribution >= 0.6 is 22.6 Å². The zero-order valence-corrected chi connectivity index (χ0v) is 22.4. The maximum atomic E-state index is 14.8. The van der Waals surface area contributed by atoms with Crippen molar-refractivity contribution in [2.45, 2.75) is 40.4 Å². The van der Waals surface area contributed by atoms with Crippen LogP contribution in [-0.2, 0) is 11.7 Å². The van der Waals surface area contributed by atoms with E-state index in [2.05, 4.69) is 10.6 Å². The summed E-state index contributed by atoms with van der Waals surface area (Å²) in [7, 11) is 1.18. The highest BCUT2D eigenvalue weighted by Gasteiger charge is 2.49. The number of carbonyl (C=O) groups is 1. The Hall–Kier alpha value is -3.03. The molecule has 0 aromatic heterocycles. The third kappa shape index (κ3) is 6.10. The Morgan fingerprint density at radius 2 is 1.62 bits per heavy atom. The van der Waals surface area contributed by atoms with Crippen LogP contribution in [0.25, 0.3) is 0 Å². The molecule has 1 fully saturated rings. The number of halogens is 8. The van der Waals surface area contributed by atoms with E-state index >= 15 is 0 Å². The SMILES string of the molecule is COc1cc(C(NC(=O)NC2CC(F)(F)C2)(c2cc(F)cc(C(F)(F)F)c2)C(I)c2ccccc2)ccc1F. The molecule has 2 amide bonds. The molecule has 0 spiro atoms. The molecule has 0 radical (unpaired) electrons. The smallest absolute Gasteiger partial charge is 0.416 e. The number of hydrogen-bond acceptors (Lipinski definition) is 2. The molecule has 2 unspecified atom stereocenters. The first kappa shape index (κ1) is 29.0. The van der Waals surface area contributed by atoms with Gasteiger partial charge >= 0.3 is 12.2 Å². The monoisotopic (exact) mass is 666 g/mol. The van der Waals surface area contributed by atoms with Gasteiger partial charge < -0.3 is 15.4 Å². The maximum absolute atomic E-state index is 14.8. The second-order valence-electron chi connectivity index (χ2n) is 9.22. The van der Waals surface area contributed by atoms with Gasteiger partial charge in [-0.3, -0.25) is 0 Å². The molecule has 0 saturated heterocycles. The largest absolute Gasteiger partial charge is 0.494 e. The van der Waals surface area contributed by atoms with Gasteiger partial charge in [0.05, 0.1) is 16.6 Å². The number of amides is 2. The second kappa shape index (κ2) is 10.9. The summed E-state index contributed by atoms with van der Waals surface area (Å²) >= 11 is 1.90. The normalized spacial score (nSPS) is 17.5. The van der Waals surface area contributed by atoms with E-state index in [1.54, 1.807) is 30.3 Å². The average Bonchev–Trinajstić information content (AvgIpc) is 2.85. The summed E-state index contributed by atoms with van der Waals surface area (Å²) in [4.78, 5) is 13.3. The zero-order valence-electron chi connectivity index (χ0n) is 20.3. The van der Waals surface area contributed by atoms with Crippen LogP contribution in [0.1, 0.15) is 39.0 Å². The van der Waals surface area contributed by atoms with Gasteiger partial charge in [0.2, 0.25) is 0 Å². The van der Waals surface area contributed by atoms with Gasteiger partial charge in [0.25, 0.3) is 5.92 Å². The molecule has 39 heavy (non-hydrogen) atoms. The molecule has 0 heterocycles. The van der Waals surface area contributed by atoms with Crippen molar-refractivity contribution in [2.24, 2.45) is 0 Å². The van der Waals surface area contributed by atoms with Crippen molar-refractivity contribution in [1.82, 2.24) is 10.6 Å². The summed E-state index contributed by atoms with van der Waals surface area (Å²) in [6.07, 6.45) is -6.15. The minimum absolute atomic E-state index is 0.0665. The number of ether oxygens (including phenoxy) is 1. The second-order valence-corrected chi connectivity index (χ2v) is 10.5. The average molecular weight is 666 g/mol. The Balaban J connectivity index is 1.96. The number of carbonyl (C=O) groups excluding carboxylic acids is 1. The number of benzene rings is 3. The van der Waals surface area contributed by atoms with Crippen molar-refractivity contribution in [1.29, 1.82) is 0 Å². The number of alkyl halides is 6. The van der Waals surface area contributed by atoms with Crippen molar-refractivity contribution < 1.29 is 40.3 Å². The van der Waals surface area contributed by atoms with Crippen molar-refractivity contribution in [3.8, 4) is 5.75 Å². The molecule has 0 aliphatic heterocycles. The number of rotatable bonds is 7. The van der Waals surface area contributed by atoms with E-state index in [0.717, 1.165) is 12.1 Å². The highest BCUT2D eigenvalue weighted by molar-refractivity contribution is 14.1. The lowest BCUT2D eigenvalue weighted by molar-refractivity contribution is -0.137. The Kier molecular flexibility index (Phi) is 8.06. The number of urea groups is 1. The van der Waals surface area contributed by atoms with E-state index in [9.17, 15) is 35.5 Å². The predicted octanol–water partition coefficient (Wildman–Crippen LogP) is 7.51. The van der Waals surface area contributed by atoms with Crippen LogP contribution in [0.3, 0.4) is 0 Å². The number of nitrogens with one attached hydrogen (secondary N) is 2. The van der Waals surface area contributed by atoms with Crippen molar-refractivity contribution in [3.05, 3.63) is 101 Å². The van der Waals surface area contributed by atoms with Crippen LogP contribution in [-0.4, -0.2) is 25.1 Å². The lowest BCUT2D eigenvalue weighted by atomic mass is 9.77. The first-order chi connectivity index (χ1) is 18.2. The van der Waals surface area contributed by atoms with Gasteiger partial charge in [0.1, 0.15) is 11.4 Å². The van der Waals surface area contributed by atoms with Crippen molar-refractivity contribution in [2.75, 3.05) is 7.11 Å². The van der Waals surface area contributed by atoms with E-state index in [1.165, 1.54) is 19.2 Å². The van der Waals surface area contributed by atoms with Gasteiger partial charge in [-0.25, -0.2) is 22.4 Å². The molecule has 4 rings (SSSR count). The molecule has 1 aliphatic rings. The topological polar surface area (TPSA) is 50.4 Å². The summed E-state index contributed by atoms with van der Waals surface area (Å²) in [5.74, 6) is -5.23. The van der Waals surface area contributed by atoms with Crippen molar-refractivity contribution in [3.63, 3.8) is 0 Å². The fourth-order valence-corrected chi connectivity index (χ4v) is 5.88. The molecule has 2 N–H and O–H groups in total. The fourth-order valence-electron chi connectivity index (χ4n) is 4.59. The third-order valence-corrected chi connectivity index (χ3v) is 8.15. The predicted molar refractivity (Wildman–Crippen MR) is 138 cm³/mol. The van der Waals surface area contributed by atoms with Crippen LogP contribution in [0.5, 0.6) is 5.75 Å². The molecule has 3 aromatic rings. The Morgan fingerprint density at radius 3 is 2.21 bits per heavy atom. The van der Waals surface area contributed by atoms with Gasteiger partial charge in [0.15, 0.2) is 11.6 Å². The Bertz CT molecular complexity index is 1350. The maximum Gasteiger partial charge on any atom is 0.416 e. The minimum Gasteiger partial charge on any atom is -0.494 e. The van der Waals surface area contributed by atoms with Crippen LogP contribution in [0, 0.1) is 11.6 Å². The summed E-state index contributed by atoms with van der Waals surface area (Å²) < 4.78 is 102. The first-order valence-electron chi connectivity index (χ1n) is 11.6. The van der Waals surface area contributed by atoms with Gasteiger partial charge in [-0.1, -0.05) is 59.0 Å². The van der Waals surface area contributed by atoms with Crippen LogP contribution in [0.15, 0.2) is 66.7 Å². The first-order valence-corrected chi connectivity index (χ1v) is 12.9. The molecule has 3 aromatic carbocycles. The minimum atomic E-state index is -4.93. The molecule has 0 bridgehead atoms. The molecule has 12 heteroatoms. The standard InChI is InChI=1S/C27H22F7IN2O2/c1-39-22-12-16(7-8-21(22)29)26(23(35)15-5-3-2-4-6-15,37-24(38)36-20-13-25(30,31)14-20)17-9-18(27(32,33)34)11-19(28)10-17/h2-12,20,23H,13-14H2,1H3,(H2,36,37,38). The van der Waals surface area contributed by atoms with Crippen LogP contribution in [0.2, 0.25) is 0 Å². The molecular formula is C27H22F7IN2O2. The molecular weight excluding hydrogens is 644 g/mol. The molecule has 1 saturated carbocycles. The van der Waals surface area contributed by atoms with Gasteiger partial charge in [-0.15, -0.1) is 0 Å². The summed E-state index contributed by atoms with van der Waals surface area (Å²) in [5.41, 5.74) is -2.98. The fraction of sp³-hybridized carbons (Fsp3) is 0.296. The lowest BCUT2D eigenvalue weighted by Gasteiger charge is -2.42. The third-order valence-electron chi connectivity index (χ3n) is 6.50. The molecule has 4 nitrogen and oxygen atoms in total. The lowest BCUT2D eigenvalue weighted by Crippen LogP contribution is -2.58. The van der Waals surface area contributed by atoms with Crippen LogP contribution in [0.4, 0.5) is 35.5 Å². The molecule has 1 aliphatic carbocycles. The van der Waals surface area contributed by atoms with E-state index in [-0.39, 0.29) is 16.9 Å². The molecule has 208 valence electrons. The van der Waals surface area contributed by atoms with Gasteiger partial charge in [-0.2, -0.15) is 13.2 Å². The van der Waals surface area contributed by atoms with Gasteiger partial charge in [0, 0.05) is 18.9 Å². The molecule has 2 atom stereocenters. The van der Waals surface area contributed by atoms with E-state index in [4.69, 9.17) is 4.74 Å². The summed E-state index contributed by atoms with van der Waals surface area (Å²) in [6.45, 7) is 0. The quantitative estimate of drug-likeness (QED) is 0.156. The highest BCUT2D eigenvalue weighted by Crippen LogP contribution is 2.49. The van der Waals surface area contributed by atoms with Crippen molar-refractivity contribution >= 4 is 28.6 Å². The highest BCUT2D eigenvalue weighted by atomic mass is 127. The van der Waals surface area contributed by atoms with E-state index in [1.807, 2.05) is 22.6 Å². The Labute approximate surface area is 233 Å². The number of hydrogen-bond donors (Lipinski definition) is 2. The van der Waals surface area contributed by atoms with Crippen LogP contribution < -0.4 is 15.4 Å². The number of methoxy groups -OCH3 is 1. The summed E-state index contributed by atoms with van der Waals surface area (Å²) in [5, 5.41) is 5.07. The zero-order chi connectivity index (χ0) is 28.6.